The Morgan fingerprint density at radius 2 is 1.64 bits per heavy atom. The molecule has 0 aromatic rings. The Balaban J connectivity index is 2.56. The number of rotatable bonds is 1. The molecular weight excluding hydrogens is 132 g/mol. The van der Waals surface area contributed by atoms with Crippen molar-refractivity contribution >= 4 is 0 Å². The minimum Gasteiger partial charge on any atom is -0.0741 e. The lowest BCUT2D eigenvalue weighted by Crippen LogP contribution is -1.93. The molecule has 1 aliphatic rings. The Hall–Kier alpha value is -0.260. The van der Waals surface area contributed by atoms with Crippen LogP contribution in [0.2, 0.25) is 0 Å². The van der Waals surface area contributed by atoms with Crippen molar-refractivity contribution in [3.8, 4) is 0 Å². The fraction of sp³-hybridized carbons (Fsp3) is 0.818. The highest BCUT2D eigenvalue weighted by atomic mass is 14.1. The van der Waals surface area contributed by atoms with E-state index in [-0.39, 0.29) is 0 Å². The summed E-state index contributed by atoms with van der Waals surface area (Å²) in [6, 6.07) is 0. The van der Waals surface area contributed by atoms with Gasteiger partial charge in [-0.1, -0.05) is 30.9 Å². The van der Waals surface area contributed by atoms with Gasteiger partial charge in [0.15, 0.2) is 0 Å². The van der Waals surface area contributed by atoms with Gasteiger partial charge in [-0.25, -0.2) is 0 Å². The largest absolute Gasteiger partial charge is 0.0741 e. The molecule has 0 heteroatoms. The minimum absolute atomic E-state index is 1.28. The van der Waals surface area contributed by atoms with Gasteiger partial charge in [0.25, 0.3) is 0 Å². The van der Waals surface area contributed by atoms with E-state index in [9.17, 15) is 0 Å². The first-order chi connectivity index (χ1) is 5.34. The van der Waals surface area contributed by atoms with Crippen LogP contribution >= 0.6 is 0 Å². The van der Waals surface area contributed by atoms with E-state index in [0.717, 1.165) is 0 Å². The summed E-state index contributed by atoms with van der Waals surface area (Å²) in [6.45, 7) is 4.62. The number of allylic oxidation sites excluding steroid dienone is 2. The van der Waals surface area contributed by atoms with Gasteiger partial charge >= 0.3 is 0 Å². The van der Waals surface area contributed by atoms with Crippen LogP contribution in [0.5, 0.6) is 0 Å². The second kappa shape index (κ2) is 4.58. The van der Waals surface area contributed by atoms with Gasteiger partial charge in [0.1, 0.15) is 0 Å². The highest BCUT2D eigenvalue weighted by molar-refractivity contribution is 5.12. The van der Waals surface area contributed by atoms with Crippen LogP contribution in [-0.2, 0) is 0 Å². The maximum atomic E-state index is 2.32. The molecular formula is C11H20. The molecule has 1 aliphatic carbocycles. The van der Waals surface area contributed by atoms with Crippen molar-refractivity contribution < 1.29 is 0 Å². The fourth-order valence-electron chi connectivity index (χ4n) is 1.95. The van der Waals surface area contributed by atoms with Crippen molar-refractivity contribution in [1.29, 1.82) is 0 Å². The monoisotopic (exact) mass is 152 g/mol. The van der Waals surface area contributed by atoms with Gasteiger partial charge < -0.3 is 0 Å². The van der Waals surface area contributed by atoms with Gasteiger partial charge in [-0.3, -0.25) is 0 Å². The van der Waals surface area contributed by atoms with Crippen LogP contribution in [-0.4, -0.2) is 0 Å². The van der Waals surface area contributed by atoms with Gasteiger partial charge in [0, 0.05) is 0 Å². The van der Waals surface area contributed by atoms with E-state index in [2.05, 4.69) is 13.8 Å². The molecule has 0 aromatic carbocycles. The molecule has 0 atom stereocenters. The Morgan fingerprint density at radius 3 is 2.27 bits per heavy atom. The van der Waals surface area contributed by atoms with E-state index in [0.29, 0.717) is 0 Å². The summed E-state index contributed by atoms with van der Waals surface area (Å²) in [5, 5.41) is 0. The first-order valence-electron chi connectivity index (χ1n) is 5.02. The van der Waals surface area contributed by atoms with Crippen LogP contribution in [0, 0.1) is 0 Å². The van der Waals surface area contributed by atoms with Gasteiger partial charge in [-0.05, 0) is 39.0 Å². The molecule has 0 heterocycles. The molecule has 0 aromatic heterocycles. The molecule has 0 amide bonds. The highest BCUT2D eigenvalue weighted by Crippen LogP contribution is 2.24. The Labute approximate surface area is 70.7 Å². The SMILES string of the molecule is CCC1=C(C)CCCCCC1. The van der Waals surface area contributed by atoms with Crippen molar-refractivity contribution in [3.05, 3.63) is 11.1 Å². The molecule has 0 aliphatic heterocycles. The minimum atomic E-state index is 1.28. The van der Waals surface area contributed by atoms with E-state index >= 15 is 0 Å². The molecule has 0 radical (unpaired) electrons. The Bertz CT molecular complexity index is 142. The summed E-state index contributed by atoms with van der Waals surface area (Å²) in [7, 11) is 0. The van der Waals surface area contributed by atoms with E-state index in [1.165, 1.54) is 44.9 Å². The second-order valence-corrected chi connectivity index (χ2v) is 3.65. The molecule has 0 spiro atoms. The van der Waals surface area contributed by atoms with E-state index in [4.69, 9.17) is 0 Å². The lowest BCUT2D eigenvalue weighted by molar-refractivity contribution is 0.603. The molecule has 11 heavy (non-hydrogen) atoms. The predicted molar refractivity (Wildman–Crippen MR) is 50.7 cm³/mol. The van der Waals surface area contributed by atoms with E-state index < -0.39 is 0 Å². The van der Waals surface area contributed by atoms with Gasteiger partial charge in [-0.15, -0.1) is 0 Å². The van der Waals surface area contributed by atoms with Gasteiger partial charge in [-0.2, -0.15) is 0 Å². The van der Waals surface area contributed by atoms with E-state index in [1.807, 2.05) is 0 Å². The summed E-state index contributed by atoms with van der Waals surface area (Å²) >= 11 is 0. The fourth-order valence-corrected chi connectivity index (χ4v) is 1.95. The summed E-state index contributed by atoms with van der Waals surface area (Å²) in [5.41, 5.74) is 3.43. The molecule has 0 nitrogen and oxygen atoms in total. The van der Waals surface area contributed by atoms with Crippen molar-refractivity contribution in [2.45, 2.75) is 58.8 Å². The first-order valence-corrected chi connectivity index (χ1v) is 5.02. The third-order valence-corrected chi connectivity index (χ3v) is 2.81. The van der Waals surface area contributed by atoms with Crippen LogP contribution < -0.4 is 0 Å². The van der Waals surface area contributed by atoms with Crippen LogP contribution in [0.1, 0.15) is 58.8 Å². The molecule has 0 unspecified atom stereocenters. The average molecular weight is 152 g/mol. The number of hydrogen-bond acceptors (Lipinski definition) is 0. The van der Waals surface area contributed by atoms with Crippen LogP contribution in [0.4, 0.5) is 0 Å². The summed E-state index contributed by atoms with van der Waals surface area (Å²) in [5.74, 6) is 0. The summed E-state index contributed by atoms with van der Waals surface area (Å²) in [6.07, 6.45) is 9.79. The predicted octanol–water partition coefficient (Wildman–Crippen LogP) is 4.07. The molecule has 1 rings (SSSR count). The molecule has 0 saturated carbocycles. The zero-order valence-electron chi connectivity index (χ0n) is 7.95. The van der Waals surface area contributed by atoms with Gasteiger partial charge in [0.2, 0.25) is 0 Å². The molecule has 0 N–H and O–H groups in total. The first kappa shape index (κ1) is 8.83. The van der Waals surface area contributed by atoms with Crippen molar-refractivity contribution in [2.75, 3.05) is 0 Å². The van der Waals surface area contributed by atoms with Crippen LogP contribution in [0.25, 0.3) is 0 Å². The highest BCUT2D eigenvalue weighted by Gasteiger charge is 2.04. The Morgan fingerprint density at radius 1 is 1.00 bits per heavy atom. The van der Waals surface area contributed by atoms with E-state index in [1.54, 1.807) is 11.1 Å². The Kier molecular flexibility index (Phi) is 3.68. The summed E-state index contributed by atoms with van der Waals surface area (Å²) < 4.78 is 0. The second-order valence-electron chi connectivity index (χ2n) is 3.65. The van der Waals surface area contributed by atoms with Crippen molar-refractivity contribution in [3.63, 3.8) is 0 Å². The van der Waals surface area contributed by atoms with Crippen LogP contribution in [0.15, 0.2) is 11.1 Å². The maximum absolute atomic E-state index is 2.32. The normalized spacial score (nSPS) is 21.3. The topological polar surface area (TPSA) is 0 Å². The lowest BCUT2D eigenvalue weighted by atomic mass is 9.93. The third-order valence-electron chi connectivity index (χ3n) is 2.81. The van der Waals surface area contributed by atoms with Crippen LogP contribution in [0.3, 0.4) is 0 Å². The molecule has 0 fully saturated rings. The standard InChI is InChI=1S/C11H20/c1-3-11-9-7-5-4-6-8-10(11)2/h3-9H2,1-2H3. The molecule has 64 valence electrons. The number of hydrogen-bond donors (Lipinski definition) is 0. The summed E-state index contributed by atoms with van der Waals surface area (Å²) in [4.78, 5) is 0. The van der Waals surface area contributed by atoms with Crippen molar-refractivity contribution in [1.82, 2.24) is 0 Å². The molecule has 0 bridgehead atoms. The third kappa shape index (κ3) is 2.69. The quantitative estimate of drug-likeness (QED) is 0.497. The average Bonchev–Trinajstić information content (AvgIpc) is 1.98. The van der Waals surface area contributed by atoms with Gasteiger partial charge in [0.05, 0.1) is 0 Å². The zero-order valence-corrected chi connectivity index (χ0v) is 7.95. The maximum Gasteiger partial charge on any atom is -0.0318 e. The molecule has 0 saturated heterocycles. The smallest absolute Gasteiger partial charge is 0.0318 e. The van der Waals surface area contributed by atoms with Crippen molar-refractivity contribution in [2.24, 2.45) is 0 Å². The lowest BCUT2D eigenvalue weighted by Gasteiger charge is -2.13. The zero-order chi connectivity index (χ0) is 8.10.